The van der Waals surface area contributed by atoms with Crippen LogP contribution in [0, 0.1) is 5.92 Å². The zero-order chi connectivity index (χ0) is 13.8. The van der Waals surface area contributed by atoms with E-state index in [2.05, 4.69) is 41.4 Å². The highest BCUT2D eigenvalue weighted by Crippen LogP contribution is 2.24. The average molecular weight is 261 g/mol. The number of nitrogens with two attached hydrogens (primary N) is 1. The van der Waals surface area contributed by atoms with Crippen LogP contribution in [-0.2, 0) is 4.79 Å². The summed E-state index contributed by atoms with van der Waals surface area (Å²) in [6.45, 7) is 3.97. The van der Waals surface area contributed by atoms with Crippen LogP contribution >= 0.6 is 0 Å². The van der Waals surface area contributed by atoms with E-state index >= 15 is 0 Å². The topological polar surface area (TPSA) is 58.4 Å². The molecule has 19 heavy (non-hydrogen) atoms. The number of benzene rings is 1. The molecule has 1 amide bonds. The summed E-state index contributed by atoms with van der Waals surface area (Å²) < 4.78 is 0. The van der Waals surface area contributed by atoms with Crippen molar-refractivity contribution in [1.29, 1.82) is 0 Å². The molecule has 0 radical (unpaired) electrons. The van der Waals surface area contributed by atoms with Crippen molar-refractivity contribution in [1.82, 2.24) is 5.32 Å². The number of carbonyl (C=O) groups excluding carboxylic acids is 1. The molecule has 1 aromatic carbocycles. The Kier molecular flexibility index (Phi) is 4.43. The number of hydrogen-bond acceptors (Lipinski definition) is 3. The minimum absolute atomic E-state index is 0.0554. The van der Waals surface area contributed by atoms with Gasteiger partial charge in [0.05, 0.1) is 0 Å². The molecule has 0 spiro atoms. The van der Waals surface area contributed by atoms with Crippen LogP contribution in [0.2, 0.25) is 0 Å². The van der Waals surface area contributed by atoms with Crippen LogP contribution in [0.4, 0.5) is 5.69 Å². The Labute approximate surface area is 115 Å². The highest BCUT2D eigenvalue weighted by atomic mass is 16.1. The SMILES string of the molecule is CNC(C)c1ccc(N2CCC(C(N)=O)CC2)cc1. The molecule has 1 aliphatic rings. The summed E-state index contributed by atoms with van der Waals surface area (Å²) in [6, 6.07) is 9.02. The van der Waals surface area contributed by atoms with E-state index in [9.17, 15) is 4.79 Å². The molecule has 3 N–H and O–H groups in total. The van der Waals surface area contributed by atoms with Crippen LogP contribution in [0.3, 0.4) is 0 Å². The normalized spacial score (nSPS) is 18.3. The molecule has 1 fully saturated rings. The van der Waals surface area contributed by atoms with Crippen molar-refractivity contribution in [3.63, 3.8) is 0 Å². The van der Waals surface area contributed by atoms with Gasteiger partial charge in [-0.25, -0.2) is 0 Å². The first-order valence-electron chi connectivity index (χ1n) is 6.93. The van der Waals surface area contributed by atoms with Gasteiger partial charge in [0, 0.05) is 30.7 Å². The molecule has 0 bridgehead atoms. The fraction of sp³-hybridized carbons (Fsp3) is 0.533. The van der Waals surface area contributed by atoms with Crippen molar-refractivity contribution < 1.29 is 4.79 Å². The van der Waals surface area contributed by atoms with E-state index in [0.717, 1.165) is 25.9 Å². The number of carbonyl (C=O) groups is 1. The summed E-state index contributed by atoms with van der Waals surface area (Å²) in [6.07, 6.45) is 1.73. The lowest BCUT2D eigenvalue weighted by molar-refractivity contribution is -0.122. The van der Waals surface area contributed by atoms with Gasteiger partial charge < -0.3 is 16.0 Å². The Morgan fingerprint density at radius 1 is 1.32 bits per heavy atom. The molecule has 1 saturated heterocycles. The summed E-state index contributed by atoms with van der Waals surface area (Å²) >= 11 is 0. The van der Waals surface area contributed by atoms with Crippen molar-refractivity contribution in [3.8, 4) is 0 Å². The van der Waals surface area contributed by atoms with Crippen molar-refractivity contribution >= 4 is 11.6 Å². The first-order valence-corrected chi connectivity index (χ1v) is 6.93. The number of nitrogens with one attached hydrogen (secondary N) is 1. The van der Waals surface area contributed by atoms with Gasteiger partial charge in [0.1, 0.15) is 0 Å². The quantitative estimate of drug-likeness (QED) is 0.867. The Morgan fingerprint density at radius 3 is 2.37 bits per heavy atom. The van der Waals surface area contributed by atoms with E-state index in [-0.39, 0.29) is 11.8 Å². The third-order valence-corrected chi connectivity index (χ3v) is 4.09. The van der Waals surface area contributed by atoms with Crippen LogP contribution < -0.4 is 16.0 Å². The molecule has 104 valence electrons. The molecule has 0 aliphatic carbocycles. The van der Waals surface area contributed by atoms with Crippen molar-refractivity contribution in [2.24, 2.45) is 11.7 Å². The van der Waals surface area contributed by atoms with E-state index in [1.54, 1.807) is 0 Å². The fourth-order valence-electron chi connectivity index (χ4n) is 2.56. The number of rotatable bonds is 4. The Bertz CT molecular complexity index is 422. The lowest BCUT2D eigenvalue weighted by atomic mass is 9.96. The van der Waals surface area contributed by atoms with E-state index in [0.29, 0.717) is 6.04 Å². The van der Waals surface area contributed by atoms with E-state index < -0.39 is 0 Å². The van der Waals surface area contributed by atoms with Gasteiger partial charge >= 0.3 is 0 Å². The standard InChI is InChI=1S/C15H23N3O/c1-11(17-2)12-3-5-14(6-4-12)18-9-7-13(8-10-18)15(16)19/h3-6,11,13,17H,7-10H2,1-2H3,(H2,16,19). The summed E-state index contributed by atoms with van der Waals surface area (Å²) in [5.74, 6) is -0.0994. The predicted molar refractivity (Wildman–Crippen MR) is 78.0 cm³/mol. The number of amides is 1. The van der Waals surface area contributed by atoms with Crippen LogP contribution in [0.15, 0.2) is 24.3 Å². The maximum Gasteiger partial charge on any atom is 0.220 e. The van der Waals surface area contributed by atoms with Crippen molar-refractivity contribution in [2.45, 2.75) is 25.8 Å². The third kappa shape index (κ3) is 3.26. The third-order valence-electron chi connectivity index (χ3n) is 4.09. The molecular formula is C15H23N3O. The molecule has 1 heterocycles. The minimum Gasteiger partial charge on any atom is -0.371 e. The van der Waals surface area contributed by atoms with Gasteiger partial charge in [0.25, 0.3) is 0 Å². The molecule has 4 nitrogen and oxygen atoms in total. The van der Waals surface area contributed by atoms with Gasteiger partial charge in [0.2, 0.25) is 5.91 Å². The zero-order valence-electron chi connectivity index (χ0n) is 11.7. The molecule has 1 aromatic rings. The maximum atomic E-state index is 11.1. The molecule has 2 rings (SSSR count). The average Bonchev–Trinajstić information content (AvgIpc) is 2.46. The second-order valence-electron chi connectivity index (χ2n) is 5.27. The number of nitrogens with zero attached hydrogens (tertiary/aromatic N) is 1. The Balaban J connectivity index is 1.98. The molecule has 1 unspecified atom stereocenters. The second-order valence-corrected chi connectivity index (χ2v) is 5.27. The molecule has 1 aliphatic heterocycles. The highest BCUT2D eigenvalue weighted by Gasteiger charge is 2.23. The number of primary amides is 1. The van der Waals surface area contributed by atoms with Crippen molar-refractivity contribution in [2.75, 3.05) is 25.0 Å². The summed E-state index contributed by atoms with van der Waals surface area (Å²) in [4.78, 5) is 13.5. The lowest BCUT2D eigenvalue weighted by Crippen LogP contribution is -2.38. The molecular weight excluding hydrogens is 238 g/mol. The molecule has 4 heteroatoms. The van der Waals surface area contributed by atoms with Gasteiger partial charge in [-0.2, -0.15) is 0 Å². The van der Waals surface area contributed by atoms with Crippen LogP contribution in [-0.4, -0.2) is 26.0 Å². The molecule has 1 atom stereocenters. The minimum atomic E-state index is -0.155. The van der Waals surface area contributed by atoms with Gasteiger partial charge in [-0.15, -0.1) is 0 Å². The van der Waals surface area contributed by atoms with Gasteiger partial charge in [-0.1, -0.05) is 12.1 Å². The first-order chi connectivity index (χ1) is 9.11. The number of anilines is 1. The van der Waals surface area contributed by atoms with Crippen molar-refractivity contribution in [3.05, 3.63) is 29.8 Å². The fourth-order valence-corrected chi connectivity index (χ4v) is 2.56. The zero-order valence-corrected chi connectivity index (χ0v) is 11.7. The van der Waals surface area contributed by atoms with Crippen LogP contribution in [0.1, 0.15) is 31.4 Å². The highest BCUT2D eigenvalue weighted by molar-refractivity contribution is 5.77. The van der Waals surface area contributed by atoms with Crippen LogP contribution in [0.5, 0.6) is 0 Å². The summed E-state index contributed by atoms with van der Waals surface area (Å²) in [5.41, 5.74) is 7.88. The Morgan fingerprint density at radius 2 is 1.89 bits per heavy atom. The van der Waals surface area contributed by atoms with E-state index in [1.807, 2.05) is 7.05 Å². The molecule has 0 saturated carbocycles. The van der Waals surface area contributed by atoms with Gasteiger partial charge in [-0.3, -0.25) is 4.79 Å². The number of hydrogen-bond donors (Lipinski definition) is 2. The molecule has 0 aromatic heterocycles. The maximum absolute atomic E-state index is 11.1. The summed E-state index contributed by atoms with van der Waals surface area (Å²) in [5, 5.41) is 3.23. The second kappa shape index (κ2) is 6.06. The lowest BCUT2D eigenvalue weighted by Gasteiger charge is -2.32. The summed E-state index contributed by atoms with van der Waals surface area (Å²) in [7, 11) is 1.97. The Hall–Kier alpha value is -1.55. The van der Waals surface area contributed by atoms with Gasteiger partial charge in [0.15, 0.2) is 0 Å². The van der Waals surface area contributed by atoms with Gasteiger partial charge in [-0.05, 0) is 44.5 Å². The largest absolute Gasteiger partial charge is 0.371 e. The smallest absolute Gasteiger partial charge is 0.220 e. The predicted octanol–water partition coefficient (Wildman–Crippen LogP) is 1.67. The van der Waals surface area contributed by atoms with Crippen LogP contribution in [0.25, 0.3) is 0 Å². The monoisotopic (exact) mass is 261 g/mol. The van der Waals surface area contributed by atoms with E-state index in [1.165, 1.54) is 11.3 Å². The number of piperidine rings is 1. The first kappa shape index (κ1) is 13.9. The van der Waals surface area contributed by atoms with E-state index in [4.69, 9.17) is 5.73 Å².